The summed E-state index contributed by atoms with van der Waals surface area (Å²) in [7, 11) is 0.784. The van der Waals surface area contributed by atoms with Crippen LogP contribution in [0.2, 0.25) is 0 Å². The highest BCUT2D eigenvalue weighted by atomic mass is 19.4. The average Bonchev–Trinajstić information content (AvgIpc) is 2.40. The minimum atomic E-state index is -4.87. The van der Waals surface area contributed by atoms with E-state index in [2.05, 4.69) is 4.98 Å². The van der Waals surface area contributed by atoms with Gasteiger partial charge in [0.1, 0.15) is 17.2 Å². The SMILES string of the molecule is Cn1c(C(F)(F)F)cnc(-c2cc([N+](=O)[O-])c(F)cc2F)c1=O. The third-order valence-corrected chi connectivity index (χ3v) is 2.96. The van der Waals surface area contributed by atoms with Gasteiger partial charge in [0.25, 0.3) is 5.56 Å². The molecule has 1 aromatic carbocycles. The molecule has 0 saturated heterocycles. The molecule has 0 aliphatic carbocycles. The molecular formula is C12H6F5N3O3. The number of aromatic nitrogens is 2. The van der Waals surface area contributed by atoms with Crippen molar-refractivity contribution in [3.05, 3.63) is 56.1 Å². The van der Waals surface area contributed by atoms with Crippen molar-refractivity contribution in [2.24, 2.45) is 7.05 Å². The van der Waals surface area contributed by atoms with Crippen LogP contribution in [0.1, 0.15) is 5.69 Å². The van der Waals surface area contributed by atoms with Gasteiger partial charge in [0.15, 0.2) is 0 Å². The Morgan fingerprint density at radius 2 is 1.83 bits per heavy atom. The first-order valence-corrected chi connectivity index (χ1v) is 5.81. The van der Waals surface area contributed by atoms with E-state index in [0.29, 0.717) is 6.07 Å². The maximum Gasteiger partial charge on any atom is 0.433 e. The lowest BCUT2D eigenvalue weighted by Crippen LogP contribution is -2.28. The maximum atomic E-state index is 13.8. The van der Waals surface area contributed by atoms with Gasteiger partial charge in [0, 0.05) is 24.7 Å². The number of hydrogen-bond donors (Lipinski definition) is 0. The molecule has 0 fully saturated rings. The quantitative estimate of drug-likeness (QED) is 0.480. The predicted octanol–water partition coefficient (Wildman–Crippen LogP) is 2.65. The van der Waals surface area contributed by atoms with Crippen molar-refractivity contribution < 1.29 is 26.9 Å². The van der Waals surface area contributed by atoms with Crippen molar-refractivity contribution in [1.29, 1.82) is 0 Å². The number of nitro benzene ring substituents is 1. The largest absolute Gasteiger partial charge is 0.433 e. The van der Waals surface area contributed by atoms with E-state index in [1.807, 2.05) is 0 Å². The Morgan fingerprint density at radius 1 is 1.22 bits per heavy atom. The molecular weight excluding hydrogens is 329 g/mol. The van der Waals surface area contributed by atoms with Crippen LogP contribution in [-0.4, -0.2) is 14.5 Å². The van der Waals surface area contributed by atoms with E-state index in [1.165, 1.54) is 0 Å². The maximum absolute atomic E-state index is 13.8. The Labute approximate surface area is 124 Å². The number of alkyl halides is 3. The Hall–Kier alpha value is -2.85. The lowest BCUT2D eigenvalue weighted by Gasteiger charge is -2.12. The second-order valence-corrected chi connectivity index (χ2v) is 4.39. The van der Waals surface area contributed by atoms with Crippen molar-refractivity contribution in [3.8, 4) is 11.3 Å². The van der Waals surface area contributed by atoms with Gasteiger partial charge in [-0.25, -0.2) is 9.37 Å². The molecule has 122 valence electrons. The van der Waals surface area contributed by atoms with E-state index in [1.54, 1.807) is 0 Å². The lowest BCUT2D eigenvalue weighted by atomic mass is 10.1. The van der Waals surface area contributed by atoms with E-state index in [9.17, 15) is 36.9 Å². The Kier molecular flexibility index (Phi) is 3.89. The van der Waals surface area contributed by atoms with Crippen molar-refractivity contribution in [1.82, 2.24) is 9.55 Å². The average molecular weight is 335 g/mol. The molecule has 0 amide bonds. The smallest absolute Gasteiger partial charge is 0.304 e. The first-order valence-electron chi connectivity index (χ1n) is 5.81. The summed E-state index contributed by atoms with van der Waals surface area (Å²) in [6.45, 7) is 0. The molecule has 0 unspecified atom stereocenters. The summed E-state index contributed by atoms with van der Waals surface area (Å²) >= 11 is 0. The topological polar surface area (TPSA) is 78.0 Å². The van der Waals surface area contributed by atoms with Gasteiger partial charge in [0.05, 0.1) is 11.1 Å². The highest BCUT2D eigenvalue weighted by Crippen LogP contribution is 2.30. The second-order valence-electron chi connectivity index (χ2n) is 4.39. The van der Waals surface area contributed by atoms with Gasteiger partial charge in [-0.3, -0.25) is 14.9 Å². The van der Waals surface area contributed by atoms with Crippen molar-refractivity contribution in [2.45, 2.75) is 6.18 Å². The monoisotopic (exact) mass is 335 g/mol. The van der Waals surface area contributed by atoms with Gasteiger partial charge in [-0.1, -0.05) is 0 Å². The third kappa shape index (κ3) is 2.89. The summed E-state index contributed by atoms with van der Waals surface area (Å²) < 4.78 is 65.2. The predicted molar refractivity (Wildman–Crippen MR) is 66.5 cm³/mol. The van der Waals surface area contributed by atoms with Crippen LogP contribution >= 0.6 is 0 Å². The number of nitrogens with zero attached hydrogens (tertiary/aromatic N) is 3. The van der Waals surface area contributed by atoms with Crippen molar-refractivity contribution in [2.75, 3.05) is 0 Å². The molecule has 0 aliphatic heterocycles. The number of nitro groups is 1. The van der Waals surface area contributed by atoms with Crippen LogP contribution in [0.15, 0.2) is 23.1 Å². The minimum absolute atomic E-state index is 0.159. The number of rotatable bonds is 2. The summed E-state index contributed by atoms with van der Waals surface area (Å²) in [6.07, 6.45) is -4.59. The Balaban J connectivity index is 2.74. The fraction of sp³-hybridized carbons (Fsp3) is 0.167. The van der Waals surface area contributed by atoms with Crippen LogP contribution in [0.4, 0.5) is 27.6 Å². The van der Waals surface area contributed by atoms with Gasteiger partial charge in [-0.15, -0.1) is 0 Å². The standard InChI is InChI=1S/C12H6F5N3O3/c1-19-9(12(15,16)17)4-18-10(11(19)21)5-2-8(20(22)23)7(14)3-6(5)13/h2-4H,1H3. The molecule has 11 heteroatoms. The molecule has 2 rings (SSSR count). The fourth-order valence-electron chi connectivity index (χ4n) is 1.84. The van der Waals surface area contributed by atoms with E-state index in [4.69, 9.17) is 0 Å². The summed E-state index contributed by atoms with van der Waals surface area (Å²) in [5.74, 6) is -2.85. The summed E-state index contributed by atoms with van der Waals surface area (Å²) in [5, 5.41) is 10.6. The molecule has 0 N–H and O–H groups in total. The van der Waals surface area contributed by atoms with Crippen LogP contribution < -0.4 is 5.56 Å². The molecule has 1 aromatic heterocycles. The van der Waals surface area contributed by atoms with Gasteiger partial charge in [-0.05, 0) is 0 Å². The zero-order chi connectivity index (χ0) is 17.5. The summed E-state index contributed by atoms with van der Waals surface area (Å²) in [4.78, 5) is 24.6. The summed E-state index contributed by atoms with van der Waals surface area (Å²) in [5.41, 5.74) is -5.43. The van der Waals surface area contributed by atoms with E-state index in [0.717, 1.165) is 7.05 Å². The number of halogens is 5. The number of hydrogen-bond acceptors (Lipinski definition) is 4. The molecule has 0 radical (unpaired) electrons. The lowest BCUT2D eigenvalue weighted by molar-refractivity contribution is -0.387. The molecule has 0 aliphatic rings. The minimum Gasteiger partial charge on any atom is -0.304 e. The zero-order valence-corrected chi connectivity index (χ0v) is 11.2. The molecule has 0 atom stereocenters. The number of benzene rings is 1. The fourth-order valence-corrected chi connectivity index (χ4v) is 1.84. The molecule has 6 nitrogen and oxygen atoms in total. The molecule has 23 heavy (non-hydrogen) atoms. The highest BCUT2D eigenvalue weighted by Gasteiger charge is 2.35. The normalized spacial score (nSPS) is 11.6. The zero-order valence-electron chi connectivity index (χ0n) is 11.2. The molecule has 0 bridgehead atoms. The molecule has 0 saturated carbocycles. The first kappa shape index (κ1) is 16.5. The van der Waals surface area contributed by atoms with E-state index < -0.39 is 50.9 Å². The first-order chi connectivity index (χ1) is 10.5. The second kappa shape index (κ2) is 5.41. The van der Waals surface area contributed by atoms with Crippen LogP contribution in [0.3, 0.4) is 0 Å². The van der Waals surface area contributed by atoms with Crippen LogP contribution in [0, 0.1) is 21.7 Å². The van der Waals surface area contributed by atoms with E-state index in [-0.39, 0.29) is 16.8 Å². The summed E-state index contributed by atoms with van der Waals surface area (Å²) in [6, 6.07) is 0.563. The highest BCUT2D eigenvalue weighted by molar-refractivity contribution is 5.63. The van der Waals surface area contributed by atoms with Crippen molar-refractivity contribution in [3.63, 3.8) is 0 Å². The van der Waals surface area contributed by atoms with Gasteiger partial charge >= 0.3 is 11.9 Å². The molecule has 2 aromatic rings. The van der Waals surface area contributed by atoms with E-state index >= 15 is 0 Å². The Bertz CT molecular complexity index is 860. The Morgan fingerprint density at radius 3 is 2.35 bits per heavy atom. The van der Waals surface area contributed by atoms with Crippen LogP contribution in [-0.2, 0) is 13.2 Å². The van der Waals surface area contributed by atoms with Crippen LogP contribution in [0.5, 0.6) is 0 Å². The van der Waals surface area contributed by atoms with Crippen molar-refractivity contribution >= 4 is 5.69 Å². The van der Waals surface area contributed by atoms with Gasteiger partial charge < -0.3 is 4.57 Å². The third-order valence-electron chi connectivity index (χ3n) is 2.96. The molecule has 0 spiro atoms. The van der Waals surface area contributed by atoms with Gasteiger partial charge in [-0.2, -0.15) is 17.6 Å². The van der Waals surface area contributed by atoms with Crippen LogP contribution in [0.25, 0.3) is 11.3 Å². The molecule has 1 heterocycles. The van der Waals surface area contributed by atoms with Gasteiger partial charge in [0.2, 0.25) is 5.82 Å².